The van der Waals surface area contributed by atoms with Crippen LogP contribution in [0.4, 0.5) is 0 Å². The van der Waals surface area contributed by atoms with Crippen molar-refractivity contribution in [3.8, 4) is 17.3 Å². The normalized spacial score (nSPS) is 36.3. The molecule has 4 saturated carbocycles. The lowest BCUT2D eigenvalue weighted by molar-refractivity contribution is -0.233. The fraction of sp³-hybridized carbons (Fsp3) is 0.750. The van der Waals surface area contributed by atoms with Gasteiger partial charge in [0.15, 0.2) is 0 Å². The molecular weight excluding hydrogens is 666 g/mol. The van der Waals surface area contributed by atoms with Crippen LogP contribution in [-0.4, -0.2) is 45.4 Å². The molecule has 0 unspecified atom stereocenters. The van der Waals surface area contributed by atoms with E-state index in [2.05, 4.69) is 63.6 Å². The summed E-state index contributed by atoms with van der Waals surface area (Å²) in [7, 11) is 1.63. The minimum absolute atomic E-state index is 0.0460. The smallest absolute Gasteiger partial charge is 0.309 e. The molecule has 0 aromatic carbocycles. The molecule has 1 N–H and O–H groups in total. The predicted octanol–water partition coefficient (Wildman–Crippen LogP) is 9.90. The van der Waals surface area contributed by atoms with E-state index in [9.17, 15) is 14.7 Å². The second-order valence-corrected chi connectivity index (χ2v) is 20.0. The fourth-order valence-electron chi connectivity index (χ4n) is 13.2. The highest BCUT2D eigenvalue weighted by atomic mass is 16.5. The highest BCUT2D eigenvalue weighted by Crippen LogP contribution is 2.77. The summed E-state index contributed by atoms with van der Waals surface area (Å²) in [4.78, 5) is 29.4. The molecule has 5 aliphatic rings. The average molecular weight is 730 g/mol. The first-order valence-electron chi connectivity index (χ1n) is 20.3. The van der Waals surface area contributed by atoms with E-state index < -0.39 is 17.4 Å². The van der Waals surface area contributed by atoms with E-state index in [1.165, 1.54) is 25.7 Å². The highest BCUT2D eigenvalue weighted by molar-refractivity contribution is 5.81. The Kier molecular flexibility index (Phi) is 9.29. The van der Waals surface area contributed by atoms with Crippen LogP contribution in [0, 0.1) is 56.2 Å². The number of aliphatic carboxylic acids is 1. The van der Waals surface area contributed by atoms with Crippen molar-refractivity contribution in [2.45, 2.75) is 145 Å². The molecule has 53 heavy (non-hydrogen) atoms. The average Bonchev–Trinajstić information content (AvgIpc) is 3.71. The zero-order chi connectivity index (χ0) is 38.4. The SMILES string of the molecule is COc1ccc(-c2nnc(C[C@]34CCC(C(C)C)=C3[C@H]3CC[C@@H]5[C@@]6(C)CC[C@H](OC(=O)CC(C)(C)C(=O)O)C(C)(C)[C@@H]6CC[C@@]5(C)[C@]3(C)CC4)o2)nc1. The predicted molar refractivity (Wildman–Crippen MR) is 203 cm³/mol. The van der Waals surface area contributed by atoms with Gasteiger partial charge in [0, 0.05) is 17.3 Å². The number of nitrogens with zero attached hydrogens (tertiary/aromatic N) is 3. The van der Waals surface area contributed by atoms with Crippen LogP contribution in [0.1, 0.15) is 139 Å². The number of pyridine rings is 1. The topological polar surface area (TPSA) is 125 Å². The molecule has 0 saturated heterocycles. The first-order chi connectivity index (χ1) is 24.8. The Morgan fingerprint density at radius 2 is 1.70 bits per heavy atom. The molecular formula is C44H63N3O6. The number of carboxylic acids is 1. The van der Waals surface area contributed by atoms with Gasteiger partial charge < -0.3 is 19.0 Å². The van der Waals surface area contributed by atoms with E-state index >= 15 is 0 Å². The zero-order valence-electron chi connectivity index (χ0n) is 33.9. The van der Waals surface area contributed by atoms with Crippen LogP contribution < -0.4 is 4.74 Å². The number of fused-ring (bicyclic) bond motifs is 7. The van der Waals surface area contributed by atoms with E-state index in [0.717, 1.165) is 44.9 Å². The molecule has 8 atom stereocenters. The lowest BCUT2D eigenvalue weighted by Gasteiger charge is -2.72. The minimum Gasteiger partial charge on any atom is -0.495 e. The molecule has 0 amide bonds. The monoisotopic (exact) mass is 729 g/mol. The van der Waals surface area contributed by atoms with E-state index in [1.807, 2.05) is 12.1 Å². The number of hydrogen-bond acceptors (Lipinski definition) is 8. The Bertz CT molecular complexity index is 1780. The van der Waals surface area contributed by atoms with Crippen LogP contribution in [0.5, 0.6) is 5.75 Å². The second kappa shape index (κ2) is 12.9. The van der Waals surface area contributed by atoms with Gasteiger partial charge in [-0.15, -0.1) is 10.2 Å². The van der Waals surface area contributed by atoms with Crippen molar-refractivity contribution in [3.63, 3.8) is 0 Å². The summed E-state index contributed by atoms with van der Waals surface area (Å²) in [6, 6.07) is 3.74. The van der Waals surface area contributed by atoms with E-state index in [4.69, 9.17) is 13.9 Å². The molecule has 7 rings (SSSR count). The maximum absolute atomic E-state index is 13.1. The Hall–Kier alpha value is -3.23. The number of rotatable bonds is 9. The Morgan fingerprint density at radius 1 is 0.943 bits per heavy atom. The Morgan fingerprint density at radius 3 is 2.36 bits per heavy atom. The maximum Gasteiger partial charge on any atom is 0.309 e. The number of carboxylic acid groups (broad SMARTS) is 1. The number of methoxy groups -OCH3 is 1. The van der Waals surface area contributed by atoms with Gasteiger partial charge in [-0.3, -0.25) is 9.59 Å². The van der Waals surface area contributed by atoms with E-state index in [-0.39, 0.29) is 39.6 Å². The van der Waals surface area contributed by atoms with Crippen molar-refractivity contribution >= 4 is 11.9 Å². The lowest BCUT2D eigenvalue weighted by Crippen LogP contribution is -2.65. The summed E-state index contributed by atoms with van der Waals surface area (Å²) < 4.78 is 17.9. The third-order valence-electron chi connectivity index (χ3n) is 16.3. The van der Waals surface area contributed by atoms with E-state index in [0.29, 0.717) is 46.9 Å². The number of carbonyl (C=O) groups excluding carboxylic acids is 1. The molecule has 290 valence electrons. The summed E-state index contributed by atoms with van der Waals surface area (Å²) in [5.41, 5.74) is 3.29. The largest absolute Gasteiger partial charge is 0.495 e. The second-order valence-electron chi connectivity index (χ2n) is 20.0. The van der Waals surface area contributed by atoms with Gasteiger partial charge in [-0.25, -0.2) is 4.98 Å². The first-order valence-corrected chi connectivity index (χ1v) is 20.3. The molecule has 4 fully saturated rings. The van der Waals surface area contributed by atoms with Gasteiger partial charge in [0.25, 0.3) is 5.89 Å². The summed E-state index contributed by atoms with van der Waals surface area (Å²) >= 11 is 0. The number of carbonyl (C=O) groups is 2. The van der Waals surface area contributed by atoms with Crippen LogP contribution in [0.3, 0.4) is 0 Å². The van der Waals surface area contributed by atoms with Crippen molar-refractivity contribution in [2.75, 3.05) is 7.11 Å². The highest BCUT2D eigenvalue weighted by Gasteiger charge is 2.69. The van der Waals surface area contributed by atoms with E-state index in [1.54, 1.807) is 38.3 Å². The van der Waals surface area contributed by atoms with Gasteiger partial charge in [0.1, 0.15) is 17.5 Å². The number of allylic oxidation sites excluding steroid dienone is 2. The molecule has 2 aromatic rings. The van der Waals surface area contributed by atoms with Crippen molar-refractivity contribution < 1.29 is 28.6 Å². The van der Waals surface area contributed by atoms with Crippen LogP contribution in [0.25, 0.3) is 11.6 Å². The first kappa shape index (κ1) is 38.1. The quantitative estimate of drug-likeness (QED) is 0.198. The van der Waals surface area contributed by atoms with Crippen LogP contribution >= 0.6 is 0 Å². The summed E-state index contributed by atoms with van der Waals surface area (Å²) in [6.45, 7) is 20.5. The fourth-order valence-corrected chi connectivity index (χ4v) is 13.2. The molecule has 0 spiro atoms. The molecule has 5 aliphatic carbocycles. The van der Waals surface area contributed by atoms with Crippen molar-refractivity contribution in [2.24, 2.45) is 56.2 Å². The number of ether oxygens (including phenoxy) is 2. The summed E-state index contributed by atoms with van der Waals surface area (Å²) in [6.07, 6.45) is 13.4. The van der Waals surface area contributed by atoms with Crippen molar-refractivity contribution in [1.82, 2.24) is 15.2 Å². The number of hydrogen-bond donors (Lipinski definition) is 1. The van der Waals surface area contributed by atoms with Gasteiger partial charge in [0.2, 0.25) is 5.89 Å². The van der Waals surface area contributed by atoms with Crippen molar-refractivity contribution in [1.29, 1.82) is 0 Å². The molecule has 2 aromatic heterocycles. The zero-order valence-corrected chi connectivity index (χ0v) is 33.9. The minimum atomic E-state index is -1.14. The van der Waals surface area contributed by atoms with Crippen LogP contribution in [-0.2, 0) is 20.7 Å². The molecule has 0 radical (unpaired) electrons. The van der Waals surface area contributed by atoms with Crippen molar-refractivity contribution in [3.05, 3.63) is 35.4 Å². The lowest BCUT2D eigenvalue weighted by atomic mass is 9.33. The molecule has 0 bridgehead atoms. The van der Waals surface area contributed by atoms with Crippen LogP contribution in [0.2, 0.25) is 0 Å². The number of aromatic nitrogens is 3. The standard InChI is InChI=1S/C44H63N3O6/c1-26(2)28-15-20-44(23-34-46-47-37(53-34)30-13-11-27(51-10)25-45-30)22-21-42(8)29(36(28)44)12-14-32-41(7)18-17-33(52-35(48)24-39(3,4)38(49)50)40(5,6)31(41)16-19-43(32,42)9/h11,13,25-26,29,31-33H,12,14-24H2,1-10H3,(H,49,50)/t29-,31+,32-,33+,41+,42-,43-,44-/m1/s1. The van der Waals surface area contributed by atoms with Crippen LogP contribution in [0.15, 0.2) is 33.9 Å². The Balaban J connectivity index is 1.15. The van der Waals surface area contributed by atoms with Gasteiger partial charge >= 0.3 is 11.9 Å². The maximum atomic E-state index is 13.1. The van der Waals surface area contributed by atoms with Gasteiger partial charge in [-0.1, -0.05) is 59.6 Å². The molecule has 9 heteroatoms. The molecule has 9 nitrogen and oxygen atoms in total. The third kappa shape index (κ3) is 5.87. The number of esters is 1. The third-order valence-corrected chi connectivity index (χ3v) is 16.3. The summed E-state index contributed by atoms with van der Waals surface area (Å²) in [5.74, 6) is 2.56. The van der Waals surface area contributed by atoms with Gasteiger partial charge in [-0.2, -0.15) is 0 Å². The molecule has 2 heterocycles. The molecule has 0 aliphatic heterocycles. The van der Waals surface area contributed by atoms with Gasteiger partial charge in [-0.05, 0) is 130 Å². The summed E-state index contributed by atoms with van der Waals surface area (Å²) in [5, 5.41) is 18.7. The van der Waals surface area contributed by atoms with Gasteiger partial charge in [0.05, 0.1) is 25.1 Å². The Labute approximate surface area is 316 Å².